The second-order valence-electron chi connectivity index (χ2n) is 7.22. The van der Waals surface area contributed by atoms with Crippen molar-refractivity contribution in [3.63, 3.8) is 0 Å². The first-order valence-corrected chi connectivity index (χ1v) is 12.0. The summed E-state index contributed by atoms with van der Waals surface area (Å²) in [5.41, 5.74) is 2.57. The number of sulfone groups is 1. The van der Waals surface area contributed by atoms with E-state index in [0.29, 0.717) is 35.7 Å². The number of aliphatic imine (C=N–C) groups is 1. The Kier molecular flexibility index (Phi) is 8.99. The largest absolute Gasteiger partial charge is 0.352 e. The van der Waals surface area contributed by atoms with Crippen LogP contribution in [0.5, 0.6) is 0 Å². The fourth-order valence-corrected chi connectivity index (χ4v) is 3.78. The molecule has 168 valence electrons. The summed E-state index contributed by atoms with van der Waals surface area (Å²) in [6.45, 7) is 3.25. The number of nitrogens with zero attached hydrogens (tertiary/aromatic N) is 1. The van der Waals surface area contributed by atoms with Gasteiger partial charge in [-0.25, -0.2) is 12.8 Å². The van der Waals surface area contributed by atoms with Crippen LogP contribution in [0.4, 0.5) is 4.39 Å². The molecular formula is C22H29FN4O3S. The van der Waals surface area contributed by atoms with Crippen molar-refractivity contribution in [2.24, 2.45) is 4.99 Å². The molecule has 9 heteroatoms. The molecule has 0 spiro atoms. The lowest BCUT2D eigenvalue weighted by molar-refractivity contribution is 0.0953. The van der Waals surface area contributed by atoms with Crippen LogP contribution in [0.3, 0.4) is 0 Å². The van der Waals surface area contributed by atoms with Crippen LogP contribution in [-0.4, -0.2) is 40.1 Å². The summed E-state index contributed by atoms with van der Waals surface area (Å²) in [7, 11) is -1.64. The van der Waals surface area contributed by atoms with Crippen LogP contribution in [0.2, 0.25) is 0 Å². The van der Waals surface area contributed by atoms with E-state index in [4.69, 9.17) is 0 Å². The summed E-state index contributed by atoms with van der Waals surface area (Å²) in [6.07, 6.45) is 2.01. The van der Waals surface area contributed by atoms with Crippen molar-refractivity contribution < 1.29 is 17.6 Å². The number of rotatable bonds is 9. The average molecular weight is 449 g/mol. The summed E-state index contributed by atoms with van der Waals surface area (Å²) in [6, 6.07) is 11.3. The lowest BCUT2D eigenvalue weighted by Gasteiger charge is -2.15. The topological polar surface area (TPSA) is 99.7 Å². The first-order chi connectivity index (χ1) is 14.7. The van der Waals surface area contributed by atoms with Gasteiger partial charge in [0.25, 0.3) is 5.91 Å². The summed E-state index contributed by atoms with van der Waals surface area (Å²) in [5.74, 6) is -0.246. The van der Waals surface area contributed by atoms with Crippen molar-refractivity contribution >= 4 is 21.7 Å². The highest BCUT2D eigenvalue weighted by molar-refractivity contribution is 7.89. The fourth-order valence-electron chi connectivity index (χ4n) is 2.93. The molecule has 0 aliphatic heterocycles. The van der Waals surface area contributed by atoms with Gasteiger partial charge >= 0.3 is 0 Å². The lowest BCUT2D eigenvalue weighted by atomic mass is 10.1. The molecule has 31 heavy (non-hydrogen) atoms. The van der Waals surface area contributed by atoms with E-state index in [1.807, 2.05) is 25.1 Å². The summed E-state index contributed by atoms with van der Waals surface area (Å²) < 4.78 is 37.0. The quantitative estimate of drug-likeness (QED) is 0.404. The Balaban J connectivity index is 2.00. The minimum atomic E-state index is -3.25. The van der Waals surface area contributed by atoms with Crippen molar-refractivity contribution in [1.82, 2.24) is 16.0 Å². The molecule has 0 aliphatic rings. The Bertz CT molecular complexity index is 1040. The molecule has 7 nitrogen and oxygen atoms in total. The molecule has 2 rings (SSSR count). The lowest BCUT2D eigenvalue weighted by Crippen LogP contribution is -2.36. The van der Waals surface area contributed by atoms with Crippen LogP contribution in [0, 0.1) is 5.82 Å². The van der Waals surface area contributed by atoms with E-state index in [2.05, 4.69) is 20.9 Å². The molecule has 0 atom stereocenters. The third-order valence-corrected chi connectivity index (χ3v) is 5.28. The predicted molar refractivity (Wildman–Crippen MR) is 121 cm³/mol. The number of guanidine groups is 1. The summed E-state index contributed by atoms with van der Waals surface area (Å²) >= 11 is 0. The van der Waals surface area contributed by atoms with Crippen LogP contribution in [0.25, 0.3) is 0 Å². The van der Waals surface area contributed by atoms with Gasteiger partial charge in [0.05, 0.1) is 5.75 Å². The van der Waals surface area contributed by atoms with Crippen LogP contribution in [0.15, 0.2) is 47.5 Å². The standard InChI is InChI=1S/C22H29FN4O3S/c1-4-10-25-21(28)17-7-5-6-16(11-17)13-26-22(24-2)27-14-19-12-20(23)9-8-18(19)15-31(3,29)30/h5-9,11-12H,4,10,13-15H2,1-3H3,(H,25,28)(H2,24,26,27). The van der Waals surface area contributed by atoms with E-state index in [9.17, 15) is 17.6 Å². The average Bonchev–Trinajstić information content (AvgIpc) is 2.73. The third kappa shape index (κ3) is 8.37. The smallest absolute Gasteiger partial charge is 0.251 e. The molecule has 1 amide bonds. The molecule has 0 saturated carbocycles. The van der Waals surface area contributed by atoms with Crippen LogP contribution in [-0.2, 0) is 28.7 Å². The van der Waals surface area contributed by atoms with Gasteiger partial charge in [0.1, 0.15) is 5.82 Å². The maximum Gasteiger partial charge on any atom is 0.251 e. The van der Waals surface area contributed by atoms with E-state index < -0.39 is 15.7 Å². The maximum atomic E-state index is 13.7. The zero-order valence-electron chi connectivity index (χ0n) is 18.0. The number of hydrogen-bond acceptors (Lipinski definition) is 4. The van der Waals surface area contributed by atoms with Gasteiger partial charge < -0.3 is 16.0 Å². The molecule has 0 fully saturated rings. The van der Waals surface area contributed by atoms with Crippen LogP contribution >= 0.6 is 0 Å². The van der Waals surface area contributed by atoms with E-state index in [1.165, 1.54) is 18.2 Å². The summed E-state index contributed by atoms with van der Waals surface area (Å²) in [5, 5.41) is 9.06. The minimum Gasteiger partial charge on any atom is -0.352 e. The van der Waals surface area contributed by atoms with Crippen molar-refractivity contribution in [3.05, 3.63) is 70.5 Å². The van der Waals surface area contributed by atoms with Crippen molar-refractivity contribution in [3.8, 4) is 0 Å². The SMILES string of the molecule is CCCNC(=O)c1cccc(CNC(=NC)NCc2cc(F)ccc2CS(C)(=O)=O)c1. The Morgan fingerprint density at radius 1 is 1.03 bits per heavy atom. The first-order valence-electron chi connectivity index (χ1n) is 9.98. The van der Waals surface area contributed by atoms with Crippen LogP contribution in [0.1, 0.15) is 40.4 Å². The van der Waals surface area contributed by atoms with Gasteiger partial charge in [-0.15, -0.1) is 0 Å². The molecule has 2 aromatic carbocycles. The second-order valence-corrected chi connectivity index (χ2v) is 9.36. The van der Waals surface area contributed by atoms with E-state index in [0.717, 1.165) is 18.2 Å². The van der Waals surface area contributed by atoms with Gasteiger partial charge in [-0.1, -0.05) is 25.1 Å². The molecule has 0 aliphatic carbocycles. The minimum absolute atomic E-state index is 0.115. The monoisotopic (exact) mass is 448 g/mol. The van der Waals surface area contributed by atoms with Gasteiger partial charge in [0.15, 0.2) is 15.8 Å². The third-order valence-electron chi connectivity index (χ3n) is 4.44. The maximum absolute atomic E-state index is 13.7. The molecular weight excluding hydrogens is 419 g/mol. The highest BCUT2D eigenvalue weighted by Gasteiger charge is 2.11. The van der Waals surface area contributed by atoms with Gasteiger partial charge in [-0.05, 0) is 47.4 Å². The molecule has 2 aromatic rings. The number of benzene rings is 2. The molecule has 0 saturated heterocycles. The van der Waals surface area contributed by atoms with Gasteiger partial charge in [0, 0.05) is 38.5 Å². The van der Waals surface area contributed by atoms with Crippen molar-refractivity contribution in [1.29, 1.82) is 0 Å². The van der Waals surface area contributed by atoms with E-state index in [-0.39, 0.29) is 18.2 Å². The Morgan fingerprint density at radius 2 is 1.77 bits per heavy atom. The predicted octanol–water partition coefficient (Wildman–Crippen LogP) is 2.38. The van der Waals surface area contributed by atoms with Crippen LogP contribution < -0.4 is 16.0 Å². The number of halogens is 1. The molecule has 0 heterocycles. The van der Waals surface area contributed by atoms with Gasteiger partial charge in [-0.3, -0.25) is 9.79 Å². The number of hydrogen-bond donors (Lipinski definition) is 3. The fraction of sp³-hybridized carbons (Fsp3) is 0.364. The van der Waals surface area contributed by atoms with Crippen molar-refractivity contribution in [2.75, 3.05) is 19.8 Å². The highest BCUT2D eigenvalue weighted by Crippen LogP contribution is 2.14. The molecule has 0 unspecified atom stereocenters. The first kappa shape index (κ1) is 24.3. The highest BCUT2D eigenvalue weighted by atomic mass is 32.2. The van der Waals surface area contributed by atoms with E-state index >= 15 is 0 Å². The van der Waals surface area contributed by atoms with Gasteiger partial charge in [-0.2, -0.15) is 0 Å². The molecule has 0 aromatic heterocycles. The van der Waals surface area contributed by atoms with Crippen molar-refractivity contribution in [2.45, 2.75) is 32.2 Å². The molecule has 0 bridgehead atoms. The Morgan fingerprint density at radius 3 is 2.45 bits per heavy atom. The summed E-state index contributed by atoms with van der Waals surface area (Å²) in [4.78, 5) is 16.3. The normalized spacial score (nSPS) is 11.8. The second kappa shape index (κ2) is 11.5. The number of carbonyl (C=O) groups excluding carboxylic acids is 1. The zero-order valence-corrected chi connectivity index (χ0v) is 18.9. The number of nitrogens with one attached hydrogen (secondary N) is 3. The number of carbonyl (C=O) groups is 1. The Labute approximate surface area is 183 Å². The van der Waals surface area contributed by atoms with E-state index in [1.54, 1.807) is 13.1 Å². The Hall–Kier alpha value is -2.94. The molecule has 3 N–H and O–H groups in total. The van der Waals surface area contributed by atoms with Gasteiger partial charge in [0.2, 0.25) is 0 Å². The molecule has 0 radical (unpaired) electrons. The zero-order chi connectivity index (χ0) is 22.9. The number of amides is 1.